The van der Waals surface area contributed by atoms with Crippen LogP contribution in [-0.2, 0) is 22.6 Å². The van der Waals surface area contributed by atoms with Crippen molar-refractivity contribution in [1.29, 1.82) is 0 Å². The number of sulfonamides is 1. The van der Waals surface area contributed by atoms with Gasteiger partial charge in [-0.25, -0.2) is 8.42 Å². The molecule has 0 unspecified atom stereocenters. The topological polar surface area (TPSA) is 91.9 Å². The van der Waals surface area contributed by atoms with Gasteiger partial charge in [0.1, 0.15) is 0 Å². The first-order valence-corrected chi connectivity index (χ1v) is 12.3. The number of pyridine rings is 2. The maximum atomic E-state index is 13.4. The van der Waals surface area contributed by atoms with Gasteiger partial charge in [0.25, 0.3) is 10.0 Å². The zero-order chi connectivity index (χ0) is 25.5. The van der Waals surface area contributed by atoms with Crippen LogP contribution in [0.25, 0.3) is 21.8 Å². The van der Waals surface area contributed by atoms with Crippen molar-refractivity contribution in [2.45, 2.75) is 17.5 Å². The van der Waals surface area contributed by atoms with E-state index < -0.39 is 27.3 Å². The van der Waals surface area contributed by atoms with E-state index in [9.17, 15) is 26.4 Å². The molecule has 0 radical (unpaired) electrons. The van der Waals surface area contributed by atoms with Crippen molar-refractivity contribution in [2.75, 3.05) is 4.72 Å². The van der Waals surface area contributed by atoms with E-state index in [2.05, 4.69) is 14.7 Å². The maximum Gasteiger partial charge on any atom is 0.417 e. The molecule has 0 aliphatic rings. The lowest BCUT2D eigenvalue weighted by Gasteiger charge is -2.12. The molecule has 2 heterocycles. The molecule has 2 aromatic heterocycles. The van der Waals surface area contributed by atoms with Crippen molar-refractivity contribution in [2.24, 2.45) is 0 Å². The van der Waals surface area contributed by atoms with Crippen molar-refractivity contribution in [1.82, 2.24) is 9.97 Å². The molecule has 3 aromatic carbocycles. The summed E-state index contributed by atoms with van der Waals surface area (Å²) >= 11 is 0. The van der Waals surface area contributed by atoms with Gasteiger partial charge in [-0.3, -0.25) is 14.5 Å². The van der Waals surface area contributed by atoms with Gasteiger partial charge >= 0.3 is 6.18 Å². The van der Waals surface area contributed by atoms with Gasteiger partial charge in [0, 0.05) is 22.4 Å². The second-order valence-corrected chi connectivity index (χ2v) is 9.95. The van der Waals surface area contributed by atoms with Crippen LogP contribution < -0.4 is 10.3 Å². The van der Waals surface area contributed by atoms with E-state index in [0.29, 0.717) is 22.9 Å². The Bertz CT molecular complexity index is 1760. The molecule has 0 atom stereocenters. The molecule has 0 amide bonds. The Morgan fingerprint density at radius 3 is 2.36 bits per heavy atom. The van der Waals surface area contributed by atoms with E-state index in [0.717, 1.165) is 10.9 Å². The summed E-state index contributed by atoms with van der Waals surface area (Å²) < 4.78 is 68.5. The number of hydrogen-bond acceptors (Lipinski definition) is 4. The normalized spacial score (nSPS) is 12.2. The zero-order valence-corrected chi connectivity index (χ0v) is 19.3. The van der Waals surface area contributed by atoms with Gasteiger partial charge in [0.2, 0.25) is 5.56 Å². The summed E-state index contributed by atoms with van der Waals surface area (Å²) in [6, 6.07) is 20.1. The van der Waals surface area contributed by atoms with Gasteiger partial charge in [-0.1, -0.05) is 36.4 Å². The number of nitrogens with zero attached hydrogens (tertiary/aromatic N) is 1. The molecule has 10 heteroatoms. The smallest absolute Gasteiger partial charge is 0.322 e. The Kier molecular flexibility index (Phi) is 5.76. The Labute approximate surface area is 203 Å². The van der Waals surface area contributed by atoms with Gasteiger partial charge in [0.05, 0.1) is 27.9 Å². The van der Waals surface area contributed by atoms with E-state index in [1.165, 1.54) is 30.5 Å². The fourth-order valence-corrected chi connectivity index (χ4v) is 5.04. The summed E-state index contributed by atoms with van der Waals surface area (Å²) in [6.07, 6.45) is -2.96. The minimum atomic E-state index is -4.67. The summed E-state index contributed by atoms with van der Waals surface area (Å²) in [5.74, 6) is 0. The van der Waals surface area contributed by atoms with Crippen LogP contribution in [0, 0.1) is 0 Å². The van der Waals surface area contributed by atoms with E-state index >= 15 is 0 Å². The van der Waals surface area contributed by atoms with Crippen LogP contribution >= 0.6 is 0 Å². The number of fused-ring (bicyclic) bond motifs is 2. The van der Waals surface area contributed by atoms with Crippen LogP contribution in [0.1, 0.15) is 16.7 Å². The first-order valence-electron chi connectivity index (χ1n) is 10.8. The van der Waals surface area contributed by atoms with Crippen molar-refractivity contribution < 1.29 is 21.6 Å². The Hall–Kier alpha value is -4.18. The van der Waals surface area contributed by atoms with E-state index in [4.69, 9.17) is 0 Å². The van der Waals surface area contributed by atoms with E-state index in [1.807, 2.05) is 24.3 Å². The summed E-state index contributed by atoms with van der Waals surface area (Å²) in [5.41, 5.74) is 0.620. The highest BCUT2D eigenvalue weighted by atomic mass is 32.2. The highest BCUT2D eigenvalue weighted by Gasteiger charge is 2.33. The molecule has 182 valence electrons. The number of aromatic amines is 1. The van der Waals surface area contributed by atoms with Crippen LogP contribution in [0.2, 0.25) is 0 Å². The first-order chi connectivity index (χ1) is 17.1. The number of anilines is 1. The van der Waals surface area contributed by atoms with E-state index in [-0.39, 0.29) is 22.2 Å². The monoisotopic (exact) mass is 509 g/mol. The Morgan fingerprint density at radius 2 is 1.61 bits per heavy atom. The number of halogens is 3. The van der Waals surface area contributed by atoms with Crippen LogP contribution in [0.15, 0.2) is 94.7 Å². The maximum absolute atomic E-state index is 13.4. The zero-order valence-electron chi connectivity index (χ0n) is 18.5. The molecule has 6 nitrogen and oxygen atoms in total. The molecule has 5 rings (SSSR count). The number of aromatic nitrogens is 2. The molecular weight excluding hydrogens is 491 g/mol. The molecule has 5 aromatic rings. The predicted molar refractivity (Wildman–Crippen MR) is 131 cm³/mol. The summed E-state index contributed by atoms with van der Waals surface area (Å²) in [5, 5.41) is 0.688. The lowest BCUT2D eigenvalue weighted by molar-refractivity contribution is -0.136. The number of para-hydroxylation sites is 1. The molecule has 0 bridgehead atoms. The Balaban J connectivity index is 1.38. The highest BCUT2D eigenvalue weighted by Crippen LogP contribution is 2.34. The van der Waals surface area contributed by atoms with Crippen LogP contribution in [0.4, 0.5) is 18.9 Å². The summed E-state index contributed by atoms with van der Waals surface area (Å²) in [7, 11) is -3.88. The fraction of sp³-hybridized carbons (Fsp3) is 0.0769. The minimum Gasteiger partial charge on any atom is -0.322 e. The highest BCUT2D eigenvalue weighted by molar-refractivity contribution is 7.92. The third kappa shape index (κ3) is 4.80. The SMILES string of the molecule is O=c1cc(C(F)(F)F)c2cc(Cc3ccc(S(=O)(=O)Nc4cnc5ccccc5c4)cc3)ccc2[nH]1. The van der Waals surface area contributed by atoms with E-state index in [1.54, 1.807) is 24.3 Å². The second kappa shape index (κ2) is 8.80. The van der Waals surface area contributed by atoms with Gasteiger partial charge in [-0.15, -0.1) is 0 Å². The number of nitrogens with one attached hydrogen (secondary N) is 2. The van der Waals surface area contributed by atoms with Crippen LogP contribution in [0.5, 0.6) is 0 Å². The second-order valence-electron chi connectivity index (χ2n) is 8.27. The first kappa shape index (κ1) is 23.6. The molecular formula is C26H18F3N3O3S. The average Bonchev–Trinajstić information content (AvgIpc) is 2.83. The molecule has 0 saturated heterocycles. The van der Waals surface area contributed by atoms with Crippen LogP contribution in [0.3, 0.4) is 0 Å². The Morgan fingerprint density at radius 1 is 0.889 bits per heavy atom. The number of benzene rings is 3. The molecule has 0 aliphatic heterocycles. The van der Waals surface area contributed by atoms with Gasteiger partial charge < -0.3 is 4.98 Å². The van der Waals surface area contributed by atoms with Crippen molar-refractivity contribution in [3.63, 3.8) is 0 Å². The van der Waals surface area contributed by atoms with Gasteiger partial charge in [-0.2, -0.15) is 13.2 Å². The van der Waals surface area contributed by atoms with Crippen molar-refractivity contribution in [3.8, 4) is 0 Å². The lowest BCUT2D eigenvalue weighted by Crippen LogP contribution is -2.14. The molecule has 0 saturated carbocycles. The summed E-state index contributed by atoms with van der Waals surface area (Å²) in [4.78, 5) is 18.3. The third-order valence-corrected chi connectivity index (χ3v) is 7.09. The quantitative estimate of drug-likeness (QED) is 0.328. The molecule has 2 N–H and O–H groups in total. The number of H-pyrrole nitrogens is 1. The summed E-state index contributed by atoms with van der Waals surface area (Å²) in [6.45, 7) is 0. The number of alkyl halides is 3. The minimum absolute atomic E-state index is 0.0369. The molecule has 0 spiro atoms. The number of rotatable bonds is 5. The van der Waals surface area contributed by atoms with Gasteiger partial charge in [-0.05, 0) is 53.9 Å². The van der Waals surface area contributed by atoms with Crippen LogP contribution in [-0.4, -0.2) is 18.4 Å². The fourth-order valence-electron chi connectivity index (χ4n) is 4.01. The largest absolute Gasteiger partial charge is 0.417 e. The number of hydrogen-bond donors (Lipinski definition) is 2. The standard InChI is InChI=1S/C26H18F3N3O3S/c27-26(28,29)22-14-25(33)31-24-10-7-17(12-21(22)24)11-16-5-8-20(9-6-16)36(34,35)32-19-13-18-3-1-2-4-23(18)30-15-19/h1-10,12-15,32H,11H2,(H,31,33). The van der Waals surface area contributed by atoms with Crippen molar-refractivity contribution in [3.05, 3.63) is 112 Å². The predicted octanol–water partition coefficient (Wildman–Crippen LogP) is 5.49. The molecule has 0 fully saturated rings. The molecule has 36 heavy (non-hydrogen) atoms. The molecule has 0 aliphatic carbocycles. The van der Waals surface area contributed by atoms with Gasteiger partial charge in [0.15, 0.2) is 0 Å². The average molecular weight is 510 g/mol. The third-order valence-electron chi connectivity index (χ3n) is 5.70. The van der Waals surface area contributed by atoms with Crippen molar-refractivity contribution >= 4 is 37.5 Å². The lowest BCUT2D eigenvalue weighted by atomic mass is 10.0.